The molecule has 1 fully saturated rings. The second-order valence-corrected chi connectivity index (χ2v) is 7.04. The minimum atomic E-state index is -0.304. The monoisotopic (exact) mass is 394 g/mol. The summed E-state index contributed by atoms with van der Waals surface area (Å²) in [5.41, 5.74) is 2.83. The van der Waals surface area contributed by atoms with Crippen LogP contribution in [0.4, 0.5) is 10.1 Å². The molecule has 29 heavy (non-hydrogen) atoms. The molecule has 1 aliphatic heterocycles. The third kappa shape index (κ3) is 4.14. The molecule has 2 heterocycles. The molecule has 0 aliphatic carbocycles. The van der Waals surface area contributed by atoms with Crippen LogP contribution in [0.5, 0.6) is 5.75 Å². The number of anilines is 1. The van der Waals surface area contributed by atoms with Gasteiger partial charge in [-0.15, -0.1) is 0 Å². The van der Waals surface area contributed by atoms with Crippen molar-refractivity contribution in [3.05, 3.63) is 71.8 Å². The van der Waals surface area contributed by atoms with Crippen LogP contribution in [0, 0.1) is 5.82 Å². The van der Waals surface area contributed by atoms with Crippen LogP contribution in [0.1, 0.15) is 34.8 Å². The predicted octanol–water partition coefficient (Wildman–Crippen LogP) is 3.74. The number of piperidine rings is 1. The van der Waals surface area contributed by atoms with Gasteiger partial charge in [0.05, 0.1) is 30.3 Å². The zero-order valence-electron chi connectivity index (χ0n) is 16.2. The largest absolute Gasteiger partial charge is 0.497 e. The number of hydrogen-bond donors (Lipinski definition) is 2. The van der Waals surface area contributed by atoms with Gasteiger partial charge in [0.1, 0.15) is 11.6 Å². The first-order chi connectivity index (χ1) is 14.2. The highest BCUT2D eigenvalue weighted by atomic mass is 19.1. The van der Waals surface area contributed by atoms with Crippen LogP contribution < -0.4 is 15.4 Å². The molecule has 2 N–H and O–H groups in total. The fraction of sp³-hybridized carbons (Fsp3) is 0.273. The highest BCUT2D eigenvalue weighted by molar-refractivity contribution is 6.05. The van der Waals surface area contributed by atoms with E-state index in [1.54, 1.807) is 54.4 Å². The minimum Gasteiger partial charge on any atom is -0.497 e. The maximum atomic E-state index is 13.4. The van der Waals surface area contributed by atoms with Gasteiger partial charge in [-0.2, -0.15) is 5.10 Å². The highest BCUT2D eigenvalue weighted by Gasteiger charge is 2.27. The molecule has 4 rings (SSSR count). The molecule has 0 unspecified atom stereocenters. The maximum absolute atomic E-state index is 13.4. The third-order valence-electron chi connectivity index (χ3n) is 5.20. The van der Waals surface area contributed by atoms with Gasteiger partial charge in [-0.3, -0.25) is 4.79 Å². The zero-order chi connectivity index (χ0) is 20.2. The zero-order valence-corrected chi connectivity index (χ0v) is 16.2. The Bertz CT molecular complexity index is 977. The van der Waals surface area contributed by atoms with Crippen molar-refractivity contribution in [2.24, 2.45) is 0 Å². The van der Waals surface area contributed by atoms with Crippen LogP contribution >= 0.6 is 0 Å². The lowest BCUT2D eigenvalue weighted by atomic mass is 9.91. The molecule has 7 heteroatoms. The summed E-state index contributed by atoms with van der Waals surface area (Å²) >= 11 is 0. The van der Waals surface area contributed by atoms with Crippen molar-refractivity contribution in [3.63, 3.8) is 0 Å². The van der Waals surface area contributed by atoms with E-state index in [0.29, 0.717) is 11.3 Å². The number of hydrogen-bond acceptors (Lipinski definition) is 4. The second-order valence-electron chi connectivity index (χ2n) is 7.04. The number of aromatic nitrogens is 2. The molecule has 3 aromatic rings. The van der Waals surface area contributed by atoms with Crippen LogP contribution in [0.2, 0.25) is 0 Å². The first kappa shape index (κ1) is 19.1. The van der Waals surface area contributed by atoms with Crippen molar-refractivity contribution >= 4 is 11.6 Å². The number of carbonyl (C=O) groups is 1. The van der Waals surface area contributed by atoms with E-state index in [1.165, 1.54) is 12.1 Å². The lowest BCUT2D eigenvalue weighted by molar-refractivity contribution is 0.102. The number of carbonyl (C=O) groups excluding carboxylic acids is 1. The summed E-state index contributed by atoms with van der Waals surface area (Å²) in [7, 11) is 1.60. The quantitative estimate of drug-likeness (QED) is 0.692. The normalized spacial score (nSPS) is 14.6. The van der Waals surface area contributed by atoms with Gasteiger partial charge in [0.25, 0.3) is 5.91 Å². The van der Waals surface area contributed by atoms with Gasteiger partial charge in [-0.1, -0.05) is 0 Å². The van der Waals surface area contributed by atoms with Crippen LogP contribution in [-0.4, -0.2) is 35.9 Å². The fourth-order valence-electron chi connectivity index (χ4n) is 3.68. The molecule has 1 aromatic heterocycles. The molecule has 0 bridgehead atoms. The van der Waals surface area contributed by atoms with Gasteiger partial charge in [-0.05, 0) is 74.5 Å². The topological polar surface area (TPSA) is 68.2 Å². The summed E-state index contributed by atoms with van der Waals surface area (Å²) in [6.45, 7) is 1.78. The van der Waals surface area contributed by atoms with E-state index in [4.69, 9.17) is 4.74 Å². The van der Waals surface area contributed by atoms with Crippen molar-refractivity contribution in [1.82, 2.24) is 15.1 Å². The van der Waals surface area contributed by atoms with Gasteiger partial charge < -0.3 is 15.4 Å². The third-order valence-corrected chi connectivity index (χ3v) is 5.20. The van der Waals surface area contributed by atoms with Crippen LogP contribution in [0.25, 0.3) is 5.69 Å². The van der Waals surface area contributed by atoms with E-state index in [9.17, 15) is 9.18 Å². The molecule has 0 spiro atoms. The minimum absolute atomic E-state index is 0.195. The van der Waals surface area contributed by atoms with E-state index in [0.717, 1.165) is 43.1 Å². The van der Waals surface area contributed by atoms with Crippen molar-refractivity contribution < 1.29 is 13.9 Å². The molecule has 6 nitrogen and oxygen atoms in total. The lowest BCUT2D eigenvalue weighted by Gasteiger charge is -2.24. The van der Waals surface area contributed by atoms with E-state index in [2.05, 4.69) is 15.7 Å². The van der Waals surface area contributed by atoms with E-state index < -0.39 is 0 Å². The maximum Gasteiger partial charge on any atom is 0.259 e. The molecule has 1 amide bonds. The molecule has 2 aromatic carbocycles. The van der Waals surface area contributed by atoms with Crippen molar-refractivity contribution in [3.8, 4) is 11.4 Å². The Morgan fingerprint density at radius 1 is 1.14 bits per heavy atom. The van der Waals surface area contributed by atoms with Crippen LogP contribution in [0.3, 0.4) is 0 Å². The average Bonchev–Trinajstić information content (AvgIpc) is 3.21. The SMILES string of the molecule is COc1ccc(NC(=O)c2cnn(-c3ccc(F)cc3)c2C2CCNCC2)cc1. The second kappa shape index (κ2) is 8.45. The summed E-state index contributed by atoms with van der Waals surface area (Å²) in [5, 5.41) is 10.8. The van der Waals surface area contributed by atoms with Crippen molar-refractivity contribution in [1.29, 1.82) is 0 Å². The Morgan fingerprint density at radius 3 is 2.48 bits per heavy atom. The standard InChI is InChI=1S/C22H23FN4O2/c1-29-19-8-4-17(5-9-19)26-22(28)20-14-25-27(18-6-2-16(23)3-7-18)21(20)15-10-12-24-13-11-15/h2-9,14-15,24H,10-13H2,1H3,(H,26,28). The van der Waals surface area contributed by atoms with Gasteiger partial charge in [0.15, 0.2) is 0 Å². The molecule has 150 valence electrons. The van der Waals surface area contributed by atoms with Gasteiger partial charge in [0.2, 0.25) is 0 Å². The average molecular weight is 394 g/mol. The summed E-state index contributed by atoms with van der Waals surface area (Å²) in [4.78, 5) is 13.1. The van der Waals surface area contributed by atoms with E-state index in [-0.39, 0.29) is 17.6 Å². The number of rotatable bonds is 5. The Balaban J connectivity index is 1.67. The molecule has 0 atom stereocenters. The number of halogens is 1. The fourth-order valence-corrected chi connectivity index (χ4v) is 3.68. The number of nitrogens with one attached hydrogen (secondary N) is 2. The van der Waals surface area contributed by atoms with Crippen molar-refractivity contribution in [2.45, 2.75) is 18.8 Å². The Hall–Kier alpha value is -3.19. The Morgan fingerprint density at radius 2 is 1.83 bits per heavy atom. The van der Waals surface area contributed by atoms with Crippen LogP contribution in [-0.2, 0) is 0 Å². The smallest absolute Gasteiger partial charge is 0.259 e. The number of ether oxygens (including phenoxy) is 1. The molecule has 1 saturated heterocycles. The molecule has 0 saturated carbocycles. The van der Waals surface area contributed by atoms with Gasteiger partial charge >= 0.3 is 0 Å². The predicted molar refractivity (Wildman–Crippen MR) is 109 cm³/mol. The molecular weight excluding hydrogens is 371 g/mol. The molecular formula is C22H23FN4O2. The summed E-state index contributed by atoms with van der Waals surface area (Å²) < 4.78 is 20.3. The van der Waals surface area contributed by atoms with Crippen molar-refractivity contribution in [2.75, 3.05) is 25.5 Å². The molecule has 0 radical (unpaired) electrons. The van der Waals surface area contributed by atoms with Gasteiger partial charge in [-0.25, -0.2) is 9.07 Å². The lowest BCUT2D eigenvalue weighted by Crippen LogP contribution is -2.29. The summed E-state index contributed by atoms with van der Waals surface area (Å²) in [6, 6.07) is 13.4. The Labute approximate surface area is 168 Å². The van der Waals surface area contributed by atoms with E-state index in [1.807, 2.05) is 0 Å². The van der Waals surface area contributed by atoms with Gasteiger partial charge in [0, 0.05) is 11.6 Å². The number of methoxy groups -OCH3 is 1. The highest BCUT2D eigenvalue weighted by Crippen LogP contribution is 2.31. The Kier molecular flexibility index (Phi) is 5.57. The number of amides is 1. The number of benzene rings is 2. The van der Waals surface area contributed by atoms with E-state index >= 15 is 0 Å². The first-order valence-electron chi connectivity index (χ1n) is 9.65. The first-order valence-corrected chi connectivity index (χ1v) is 9.65. The number of nitrogens with zero attached hydrogens (tertiary/aromatic N) is 2. The molecule has 1 aliphatic rings. The van der Waals surface area contributed by atoms with Crippen LogP contribution in [0.15, 0.2) is 54.7 Å². The summed E-state index contributed by atoms with van der Waals surface area (Å²) in [6.07, 6.45) is 3.42. The summed E-state index contributed by atoms with van der Waals surface area (Å²) in [5.74, 6) is 0.404.